The summed E-state index contributed by atoms with van der Waals surface area (Å²) in [6.45, 7) is 0. The molecular formula is C18H16ClN3OS. The molecule has 1 aromatic carbocycles. The van der Waals surface area contributed by atoms with Gasteiger partial charge in [-0.3, -0.25) is 4.79 Å². The van der Waals surface area contributed by atoms with E-state index >= 15 is 0 Å². The fourth-order valence-corrected chi connectivity index (χ4v) is 5.46. The smallest absolute Gasteiger partial charge is 0.256 e. The van der Waals surface area contributed by atoms with Gasteiger partial charge in [0, 0.05) is 21.3 Å². The molecule has 0 spiro atoms. The first-order valence-electron chi connectivity index (χ1n) is 8.20. The lowest BCUT2D eigenvalue weighted by Crippen LogP contribution is -2.38. The highest BCUT2D eigenvalue weighted by molar-refractivity contribution is 7.16. The van der Waals surface area contributed by atoms with Crippen molar-refractivity contribution in [3.8, 4) is 0 Å². The number of carbonyl (C=O) groups is 1. The molecule has 2 aromatic heterocycles. The maximum atomic E-state index is 12.8. The standard InChI is InChI=1S/C18H16ClN3OS/c19-15-13(9-5-1-3-7-11(9)20-15)16-21-17(23)14-10-6-2-4-8-12(10)24-18(14)22-16/h1,3,5,7,16,20,22H,2,4,6,8H2,(H,21,23)/t16-/m0/s1. The summed E-state index contributed by atoms with van der Waals surface area (Å²) in [4.78, 5) is 17.3. The number of para-hydroxylation sites is 1. The highest BCUT2D eigenvalue weighted by Crippen LogP contribution is 2.43. The number of H-pyrrole nitrogens is 1. The van der Waals surface area contributed by atoms with Crippen LogP contribution in [0.25, 0.3) is 10.9 Å². The molecule has 1 aliphatic carbocycles. The Hall–Kier alpha value is -1.98. The van der Waals surface area contributed by atoms with Crippen molar-refractivity contribution in [2.24, 2.45) is 0 Å². The molecule has 122 valence electrons. The summed E-state index contributed by atoms with van der Waals surface area (Å²) in [6, 6.07) is 7.97. The van der Waals surface area contributed by atoms with Gasteiger partial charge >= 0.3 is 0 Å². The second kappa shape index (κ2) is 5.26. The average molecular weight is 358 g/mol. The van der Waals surface area contributed by atoms with E-state index in [0.29, 0.717) is 5.15 Å². The molecule has 24 heavy (non-hydrogen) atoms. The highest BCUT2D eigenvalue weighted by atomic mass is 35.5. The van der Waals surface area contributed by atoms with Gasteiger partial charge in [0.1, 0.15) is 16.3 Å². The van der Waals surface area contributed by atoms with Gasteiger partial charge in [0.05, 0.1) is 5.56 Å². The van der Waals surface area contributed by atoms with Crippen molar-refractivity contribution in [3.05, 3.63) is 51.0 Å². The van der Waals surface area contributed by atoms with Crippen LogP contribution in [0.5, 0.6) is 0 Å². The maximum absolute atomic E-state index is 12.8. The second-order valence-corrected chi connectivity index (χ2v) is 7.85. The molecule has 0 saturated carbocycles. The molecule has 0 saturated heterocycles. The van der Waals surface area contributed by atoms with E-state index in [4.69, 9.17) is 11.6 Å². The van der Waals surface area contributed by atoms with Crippen molar-refractivity contribution in [1.29, 1.82) is 0 Å². The molecule has 0 fully saturated rings. The summed E-state index contributed by atoms with van der Waals surface area (Å²) in [5, 5.41) is 9.18. The molecule has 0 radical (unpaired) electrons. The van der Waals surface area contributed by atoms with Crippen LogP contribution in [0.4, 0.5) is 5.00 Å². The number of aromatic nitrogens is 1. The summed E-state index contributed by atoms with van der Waals surface area (Å²) in [5.74, 6) is 0.00879. The molecule has 4 nitrogen and oxygen atoms in total. The van der Waals surface area contributed by atoms with Gasteiger partial charge in [0.15, 0.2) is 0 Å². The third-order valence-corrected chi connectivity index (χ3v) is 6.46. The zero-order chi connectivity index (χ0) is 16.3. The van der Waals surface area contributed by atoms with Crippen LogP contribution < -0.4 is 10.6 Å². The normalized spacial score (nSPS) is 19.5. The molecule has 3 aromatic rings. The molecule has 0 unspecified atom stereocenters. The van der Waals surface area contributed by atoms with E-state index in [1.165, 1.54) is 23.3 Å². The first-order valence-corrected chi connectivity index (χ1v) is 9.40. The Balaban J connectivity index is 1.61. The summed E-state index contributed by atoms with van der Waals surface area (Å²) >= 11 is 8.16. The molecule has 3 N–H and O–H groups in total. The van der Waals surface area contributed by atoms with E-state index in [9.17, 15) is 4.79 Å². The van der Waals surface area contributed by atoms with E-state index in [0.717, 1.165) is 39.9 Å². The van der Waals surface area contributed by atoms with Crippen LogP contribution in [-0.4, -0.2) is 10.9 Å². The summed E-state index contributed by atoms with van der Waals surface area (Å²) in [5.41, 5.74) is 3.97. The third kappa shape index (κ3) is 2.01. The molecule has 1 amide bonds. The fourth-order valence-electron chi connectivity index (χ4n) is 3.84. The molecule has 0 bridgehead atoms. The number of aromatic amines is 1. The van der Waals surface area contributed by atoms with Gasteiger partial charge in [0.25, 0.3) is 5.91 Å². The maximum Gasteiger partial charge on any atom is 0.256 e. The van der Waals surface area contributed by atoms with E-state index in [1.54, 1.807) is 11.3 Å². The van der Waals surface area contributed by atoms with Crippen LogP contribution >= 0.6 is 22.9 Å². The Morgan fingerprint density at radius 1 is 1.12 bits per heavy atom. The molecule has 1 aliphatic heterocycles. The summed E-state index contributed by atoms with van der Waals surface area (Å²) in [6.07, 6.45) is 4.16. The van der Waals surface area contributed by atoms with Gasteiger partial charge in [-0.15, -0.1) is 11.3 Å². The Labute approximate surface area is 148 Å². The minimum absolute atomic E-state index is 0.00879. The lowest BCUT2D eigenvalue weighted by Gasteiger charge is -2.26. The van der Waals surface area contributed by atoms with Crippen molar-refractivity contribution >= 4 is 44.7 Å². The number of halogens is 1. The predicted octanol–water partition coefficient (Wildman–Crippen LogP) is 4.62. The minimum Gasteiger partial charge on any atom is -0.352 e. The van der Waals surface area contributed by atoms with E-state index < -0.39 is 0 Å². The van der Waals surface area contributed by atoms with Crippen molar-refractivity contribution in [3.63, 3.8) is 0 Å². The largest absolute Gasteiger partial charge is 0.352 e. The zero-order valence-corrected chi connectivity index (χ0v) is 14.5. The van der Waals surface area contributed by atoms with E-state index in [1.807, 2.05) is 24.3 Å². The quantitative estimate of drug-likeness (QED) is 0.595. The van der Waals surface area contributed by atoms with Gasteiger partial charge in [-0.25, -0.2) is 0 Å². The summed E-state index contributed by atoms with van der Waals surface area (Å²) in [7, 11) is 0. The Bertz CT molecular complexity index is 974. The third-order valence-electron chi connectivity index (χ3n) is 4.94. The Morgan fingerprint density at radius 2 is 1.96 bits per heavy atom. The number of amides is 1. The van der Waals surface area contributed by atoms with Crippen molar-refractivity contribution in [1.82, 2.24) is 10.3 Å². The number of hydrogen-bond donors (Lipinski definition) is 3. The lowest BCUT2D eigenvalue weighted by molar-refractivity contribution is 0.0935. The second-order valence-electron chi connectivity index (χ2n) is 6.36. The van der Waals surface area contributed by atoms with Crippen molar-refractivity contribution < 1.29 is 4.79 Å². The van der Waals surface area contributed by atoms with Crippen molar-refractivity contribution in [2.45, 2.75) is 31.8 Å². The fraction of sp³-hybridized carbons (Fsp3) is 0.278. The molecule has 5 rings (SSSR count). The summed E-state index contributed by atoms with van der Waals surface area (Å²) < 4.78 is 0. The number of rotatable bonds is 1. The lowest BCUT2D eigenvalue weighted by atomic mass is 9.94. The Morgan fingerprint density at radius 3 is 2.88 bits per heavy atom. The van der Waals surface area contributed by atoms with Gasteiger partial charge in [0.2, 0.25) is 0 Å². The number of anilines is 1. The molecule has 6 heteroatoms. The van der Waals surface area contributed by atoms with Crippen LogP contribution in [0.3, 0.4) is 0 Å². The number of aryl methyl sites for hydroxylation is 1. The number of nitrogens with one attached hydrogen (secondary N) is 3. The number of fused-ring (bicyclic) bond motifs is 4. The first-order chi connectivity index (χ1) is 11.7. The van der Waals surface area contributed by atoms with Gasteiger partial charge in [-0.2, -0.15) is 0 Å². The molecule has 2 aliphatic rings. The monoisotopic (exact) mass is 357 g/mol. The van der Waals surface area contributed by atoms with Crippen LogP contribution in [0.15, 0.2) is 24.3 Å². The van der Waals surface area contributed by atoms with Crippen molar-refractivity contribution in [2.75, 3.05) is 5.32 Å². The predicted molar refractivity (Wildman–Crippen MR) is 98.1 cm³/mol. The average Bonchev–Trinajstić information content (AvgIpc) is 3.11. The van der Waals surface area contributed by atoms with Gasteiger partial charge in [-0.1, -0.05) is 29.8 Å². The van der Waals surface area contributed by atoms with Gasteiger partial charge in [-0.05, 0) is 37.3 Å². The van der Waals surface area contributed by atoms with Crippen LogP contribution in [0.1, 0.15) is 45.4 Å². The van der Waals surface area contributed by atoms with Crippen LogP contribution in [-0.2, 0) is 12.8 Å². The topological polar surface area (TPSA) is 56.9 Å². The minimum atomic E-state index is -0.311. The Kier molecular flexibility index (Phi) is 3.15. The number of benzene rings is 1. The van der Waals surface area contributed by atoms with Crippen LogP contribution in [0.2, 0.25) is 5.15 Å². The molecule has 3 heterocycles. The SMILES string of the molecule is O=C1N[C@H](c2c(Cl)[nH]c3ccccc23)Nc2sc3c(c21)CCCC3. The first kappa shape index (κ1) is 14.4. The molecular weight excluding hydrogens is 342 g/mol. The number of hydrogen-bond acceptors (Lipinski definition) is 3. The van der Waals surface area contributed by atoms with E-state index in [-0.39, 0.29) is 12.1 Å². The van der Waals surface area contributed by atoms with Gasteiger partial charge < -0.3 is 15.6 Å². The van der Waals surface area contributed by atoms with E-state index in [2.05, 4.69) is 15.6 Å². The van der Waals surface area contributed by atoms with Crippen LogP contribution in [0, 0.1) is 0 Å². The zero-order valence-electron chi connectivity index (χ0n) is 12.9. The number of carbonyl (C=O) groups excluding carboxylic acids is 1. The molecule has 1 atom stereocenters. The highest BCUT2D eigenvalue weighted by Gasteiger charge is 2.33. The number of thiophene rings is 1.